The standard InChI is InChI=1S/C28H34N6O4/c1-28(2,3)38-27(36)33-17-15-32(16-18-33)22-13-14-30-24-23(22)31-34(25(24)26(29)35)19-9-11-21(12-10-19)37-20-7-5-4-6-8-20/h4-12,22,30H,13-18H2,1-3H3,(H2,29,35)/t22-/m1/s1. The maximum Gasteiger partial charge on any atom is 0.410 e. The molecule has 10 nitrogen and oxygen atoms in total. The summed E-state index contributed by atoms with van der Waals surface area (Å²) in [7, 11) is 0. The molecule has 1 aromatic heterocycles. The maximum absolute atomic E-state index is 12.6. The number of piperazine rings is 1. The number of hydrogen-bond acceptors (Lipinski definition) is 7. The predicted octanol–water partition coefficient (Wildman–Crippen LogP) is 4.17. The first-order valence-electron chi connectivity index (χ1n) is 12.9. The number of carbonyl (C=O) groups excluding carboxylic acids is 2. The van der Waals surface area contributed by atoms with Gasteiger partial charge in [0.25, 0.3) is 5.91 Å². The monoisotopic (exact) mass is 518 g/mol. The van der Waals surface area contributed by atoms with Gasteiger partial charge in [0.05, 0.1) is 17.4 Å². The zero-order valence-corrected chi connectivity index (χ0v) is 22.0. The van der Waals surface area contributed by atoms with Gasteiger partial charge in [0.1, 0.15) is 22.8 Å². The van der Waals surface area contributed by atoms with E-state index in [1.165, 1.54) is 0 Å². The smallest absolute Gasteiger partial charge is 0.410 e. The highest BCUT2D eigenvalue weighted by molar-refractivity contribution is 5.98. The van der Waals surface area contributed by atoms with Gasteiger partial charge in [-0.3, -0.25) is 9.69 Å². The quantitative estimate of drug-likeness (QED) is 0.521. The van der Waals surface area contributed by atoms with Crippen LogP contribution in [0.15, 0.2) is 54.6 Å². The van der Waals surface area contributed by atoms with E-state index in [1.807, 2.05) is 75.4 Å². The molecule has 2 aliphatic heterocycles. The van der Waals surface area contributed by atoms with E-state index in [0.717, 1.165) is 17.9 Å². The molecule has 1 saturated heterocycles. The Morgan fingerprint density at radius 2 is 1.63 bits per heavy atom. The van der Waals surface area contributed by atoms with E-state index in [9.17, 15) is 9.59 Å². The molecule has 3 N–H and O–H groups in total. The van der Waals surface area contributed by atoms with Gasteiger partial charge >= 0.3 is 6.09 Å². The minimum atomic E-state index is -0.550. The normalized spacial score (nSPS) is 17.9. The van der Waals surface area contributed by atoms with Crippen molar-refractivity contribution in [2.75, 3.05) is 38.0 Å². The summed E-state index contributed by atoms with van der Waals surface area (Å²) in [6.07, 6.45) is 0.543. The highest BCUT2D eigenvalue weighted by Gasteiger charge is 2.36. The summed E-state index contributed by atoms with van der Waals surface area (Å²) in [6, 6.07) is 16.9. The zero-order valence-electron chi connectivity index (χ0n) is 22.0. The average molecular weight is 519 g/mol. The molecule has 5 rings (SSSR count). The number of benzene rings is 2. The van der Waals surface area contributed by atoms with E-state index < -0.39 is 11.5 Å². The lowest BCUT2D eigenvalue weighted by Gasteiger charge is -2.40. The van der Waals surface area contributed by atoms with Crippen molar-refractivity contribution >= 4 is 17.7 Å². The van der Waals surface area contributed by atoms with Crippen LogP contribution in [-0.4, -0.2) is 69.9 Å². The number of nitrogens with zero attached hydrogens (tertiary/aromatic N) is 4. The van der Waals surface area contributed by atoms with Gasteiger partial charge in [0.2, 0.25) is 0 Å². The van der Waals surface area contributed by atoms with Gasteiger partial charge in [-0.2, -0.15) is 5.10 Å². The van der Waals surface area contributed by atoms with Crippen molar-refractivity contribution in [2.45, 2.75) is 38.8 Å². The molecule has 38 heavy (non-hydrogen) atoms. The Morgan fingerprint density at radius 3 is 2.26 bits per heavy atom. The zero-order chi connectivity index (χ0) is 26.9. The summed E-state index contributed by atoms with van der Waals surface area (Å²) in [4.78, 5) is 29.1. The Morgan fingerprint density at radius 1 is 0.974 bits per heavy atom. The second-order valence-electron chi connectivity index (χ2n) is 10.5. The first kappa shape index (κ1) is 25.6. The van der Waals surface area contributed by atoms with Gasteiger partial charge in [0.15, 0.2) is 5.69 Å². The Hall–Kier alpha value is -4.05. The molecular formula is C28H34N6O4. The van der Waals surface area contributed by atoms with Gasteiger partial charge in [-0.1, -0.05) is 18.2 Å². The van der Waals surface area contributed by atoms with Gasteiger partial charge in [-0.25, -0.2) is 9.48 Å². The number of nitrogens with one attached hydrogen (secondary N) is 1. The fourth-order valence-corrected chi connectivity index (χ4v) is 4.91. The molecule has 10 heteroatoms. The van der Waals surface area contributed by atoms with E-state index in [0.29, 0.717) is 55.5 Å². The molecule has 200 valence electrons. The fraction of sp³-hybridized carbons (Fsp3) is 0.393. The molecule has 3 aromatic rings. The third-order valence-corrected chi connectivity index (χ3v) is 6.65. The highest BCUT2D eigenvalue weighted by atomic mass is 16.6. The Kier molecular flexibility index (Phi) is 6.98. The van der Waals surface area contributed by atoms with Crippen LogP contribution in [0.3, 0.4) is 0 Å². The SMILES string of the molecule is CC(C)(C)OC(=O)N1CCN([C@@H]2CCNc3c2nn(-c2ccc(Oc4ccccc4)cc2)c3C(N)=O)CC1. The molecule has 2 aromatic carbocycles. The number of fused-ring (bicyclic) bond motifs is 1. The Balaban J connectivity index is 1.36. The molecule has 2 amide bonds. The summed E-state index contributed by atoms with van der Waals surface area (Å²) < 4.78 is 13.0. The molecule has 0 radical (unpaired) electrons. The number of para-hydroxylation sites is 1. The lowest BCUT2D eigenvalue weighted by molar-refractivity contribution is 0.00952. The molecule has 0 spiro atoms. The number of amides is 2. The number of nitrogens with two attached hydrogens (primary N) is 1. The Bertz CT molecular complexity index is 1290. The fourth-order valence-electron chi connectivity index (χ4n) is 4.91. The van der Waals surface area contributed by atoms with E-state index in [1.54, 1.807) is 9.58 Å². The van der Waals surface area contributed by atoms with Gasteiger partial charge in [-0.05, 0) is 63.6 Å². The predicted molar refractivity (Wildman–Crippen MR) is 144 cm³/mol. The minimum Gasteiger partial charge on any atom is -0.457 e. The van der Waals surface area contributed by atoms with Crippen LogP contribution in [0.2, 0.25) is 0 Å². The van der Waals surface area contributed by atoms with Crippen LogP contribution in [0, 0.1) is 0 Å². The topological polar surface area (TPSA) is 115 Å². The van der Waals surface area contributed by atoms with E-state index in [4.69, 9.17) is 20.3 Å². The number of anilines is 1. The van der Waals surface area contributed by atoms with Crippen LogP contribution in [-0.2, 0) is 4.74 Å². The van der Waals surface area contributed by atoms with Gasteiger partial charge in [0, 0.05) is 32.7 Å². The lowest BCUT2D eigenvalue weighted by Crippen LogP contribution is -2.51. The molecule has 0 aliphatic carbocycles. The highest BCUT2D eigenvalue weighted by Crippen LogP contribution is 2.37. The van der Waals surface area contributed by atoms with E-state index >= 15 is 0 Å². The van der Waals surface area contributed by atoms with Crippen LogP contribution in [0.25, 0.3) is 5.69 Å². The van der Waals surface area contributed by atoms with Crippen molar-refractivity contribution in [3.8, 4) is 17.2 Å². The maximum atomic E-state index is 12.6. The van der Waals surface area contributed by atoms with Crippen LogP contribution in [0.4, 0.5) is 10.5 Å². The van der Waals surface area contributed by atoms with Crippen molar-refractivity contribution in [1.29, 1.82) is 0 Å². The molecule has 1 atom stereocenters. The number of rotatable bonds is 5. The van der Waals surface area contributed by atoms with Crippen molar-refractivity contribution in [3.05, 3.63) is 66.0 Å². The summed E-state index contributed by atoms with van der Waals surface area (Å²) in [5, 5.41) is 8.23. The molecule has 0 unspecified atom stereocenters. The summed E-state index contributed by atoms with van der Waals surface area (Å²) in [6.45, 7) is 8.82. The van der Waals surface area contributed by atoms with E-state index in [-0.39, 0.29) is 12.1 Å². The summed E-state index contributed by atoms with van der Waals surface area (Å²) >= 11 is 0. The molecule has 2 aliphatic rings. The van der Waals surface area contributed by atoms with Crippen LogP contribution < -0.4 is 15.8 Å². The lowest BCUT2D eigenvalue weighted by atomic mass is 10.0. The van der Waals surface area contributed by atoms with E-state index in [2.05, 4.69) is 10.2 Å². The summed E-state index contributed by atoms with van der Waals surface area (Å²) in [5.74, 6) is 0.869. The Labute approximate surface area is 222 Å². The number of ether oxygens (including phenoxy) is 2. The van der Waals surface area contributed by atoms with Gasteiger partial charge in [-0.15, -0.1) is 0 Å². The molecule has 0 saturated carbocycles. The average Bonchev–Trinajstić information content (AvgIpc) is 3.29. The van der Waals surface area contributed by atoms with Crippen molar-refractivity contribution in [1.82, 2.24) is 19.6 Å². The second-order valence-corrected chi connectivity index (χ2v) is 10.5. The summed E-state index contributed by atoms with van der Waals surface area (Å²) in [5.41, 5.74) is 7.82. The van der Waals surface area contributed by atoms with Crippen molar-refractivity contribution in [2.24, 2.45) is 5.73 Å². The number of carbonyl (C=O) groups is 2. The second kappa shape index (κ2) is 10.4. The number of hydrogen-bond donors (Lipinski definition) is 2. The largest absolute Gasteiger partial charge is 0.457 e. The third kappa shape index (κ3) is 5.45. The molecule has 1 fully saturated rings. The first-order valence-corrected chi connectivity index (χ1v) is 12.9. The third-order valence-electron chi connectivity index (χ3n) is 6.65. The molecule has 0 bridgehead atoms. The first-order chi connectivity index (χ1) is 18.2. The molecular weight excluding hydrogens is 484 g/mol. The minimum absolute atomic E-state index is 0.00655. The van der Waals surface area contributed by atoms with Crippen molar-refractivity contribution < 1.29 is 19.1 Å². The van der Waals surface area contributed by atoms with Crippen LogP contribution in [0.1, 0.15) is 49.4 Å². The van der Waals surface area contributed by atoms with Gasteiger partial charge < -0.3 is 25.4 Å². The van der Waals surface area contributed by atoms with Crippen molar-refractivity contribution in [3.63, 3.8) is 0 Å². The van der Waals surface area contributed by atoms with Crippen LogP contribution >= 0.6 is 0 Å². The number of aromatic nitrogens is 2. The number of primary amides is 1. The molecule has 3 heterocycles. The van der Waals surface area contributed by atoms with Crippen LogP contribution in [0.5, 0.6) is 11.5 Å².